The number of carbonyl (C=O) groups is 2. The summed E-state index contributed by atoms with van der Waals surface area (Å²) in [6, 6.07) is 0. The van der Waals surface area contributed by atoms with Gasteiger partial charge in [0.1, 0.15) is 5.78 Å². The van der Waals surface area contributed by atoms with E-state index in [-0.39, 0.29) is 12.2 Å². The molecule has 0 bridgehead atoms. The number of ketones is 1. The van der Waals surface area contributed by atoms with E-state index in [4.69, 9.17) is 5.11 Å². The Hall–Kier alpha value is -1.64. The predicted octanol–water partition coefficient (Wildman–Crippen LogP) is 5.23. The van der Waals surface area contributed by atoms with Gasteiger partial charge in [-0.1, -0.05) is 34.9 Å². The molecule has 0 aliphatic heterocycles. The highest BCUT2D eigenvalue weighted by molar-refractivity contribution is 5.75. The maximum absolute atomic E-state index is 10.9. The van der Waals surface area contributed by atoms with Gasteiger partial charge in [0.15, 0.2) is 0 Å². The standard InChI is InChI=1S/C19H30O3/c1-15(10-6-12-17(3)14-19(21)22)8-5-9-16(2)11-7-13-18(4)20/h8,11-12H,5-7,9-10,13-14H2,1-4H3,(H,21,22)/b15-8+,16-11+,17-12+. The van der Waals surface area contributed by atoms with Gasteiger partial charge in [0.2, 0.25) is 0 Å². The number of aliphatic carboxylic acids is 1. The normalized spacial score (nSPS) is 13.4. The van der Waals surface area contributed by atoms with Crippen molar-refractivity contribution in [3.8, 4) is 0 Å². The van der Waals surface area contributed by atoms with Crippen LogP contribution in [0.25, 0.3) is 0 Å². The highest BCUT2D eigenvalue weighted by Crippen LogP contribution is 2.12. The van der Waals surface area contributed by atoms with Crippen LogP contribution in [0.3, 0.4) is 0 Å². The van der Waals surface area contributed by atoms with E-state index in [0.717, 1.165) is 37.7 Å². The topological polar surface area (TPSA) is 54.4 Å². The summed E-state index contributed by atoms with van der Waals surface area (Å²) < 4.78 is 0. The monoisotopic (exact) mass is 306 g/mol. The Balaban J connectivity index is 3.98. The van der Waals surface area contributed by atoms with E-state index in [0.29, 0.717) is 6.42 Å². The first-order valence-electron chi connectivity index (χ1n) is 7.99. The molecule has 0 radical (unpaired) electrons. The summed E-state index contributed by atoms with van der Waals surface area (Å²) in [5, 5.41) is 8.68. The molecule has 0 saturated heterocycles. The molecular weight excluding hydrogens is 276 g/mol. The summed E-state index contributed by atoms with van der Waals surface area (Å²) >= 11 is 0. The first-order valence-corrected chi connectivity index (χ1v) is 7.99. The van der Waals surface area contributed by atoms with Gasteiger partial charge in [0.05, 0.1) is 6.42 Å². The van der Waals surface area contributed by atoms with Crippen molar-refractivity contribution in [2.75, 3.05) is 0 Å². The van der Waals surface area contributed by atoms with Gasteiger partial charge in [-0.15, -0.1) is 0 Å². The zero-order valence-corrected chi connectivity index (χ0v) is 14.4. The van der Waals surface area contributed by atoms with E-state index in [9.17, 15) is 9.59 Å². The second-order valence-electron chi connectivity index (χ2n) is 6.04. The number of carboxylic acids is 1. The lowest BCUT2D eigenvalue weighted by Gasteiger charge is -2.02. The van der Waals surface area contributed by atoms with Crippen molar-refractivity contribution in [1.82, 2.24) is 0 Å². The molecule has 3 heteroatoms. The van der Waals surface area contributed by atoms with Gasteiger partial charge in [-0.3, -0.25) is 4.79 Å². The molecule has 0 aromatic carbocycles. The van der Waals surface area contributed by atoms with E-state index >= 15 is 0 Å². The quantitative estimate of drug-likeness (QED) is 0.532. The van der Waals surface area contributed by atoms with Crippen LogP contribution in [0.2, 0.25) is 0 Å². The first kappa shape index (κ1) is 20.4. The fourth-order valence-electron chi connectivity index (χ4n) is 2.13. The Morgan fingerprint density at radius 1 is 0.727 bits per heavy atom. The molecule has 124 valence electrons. The van der Waals surface area contributed by atoms with E-state index in [1.807, 2.05) is 13.0 Å². The average molecular weight is 306 g/mol. The lowest BCUT2D eigenvalue weighted by atomic mass is 10.0. The van der Waals surface area contributed by atoms with Gasteiger partial charge < -0.3 is 9.90 Å². The molecule has 0 spiro atoms. The van der Waals surface area contributed by atoms with Crippen LogP contribution in [-0.2, 0) is 9.59 Å². The molecule has 0 heterocycles. The van der Waals surface area contributed by atoms with E-state index in [2.05, 4.69) is 26.0 Å². The van der Waals surface area contributed by atoms with Crippen LogP contribution >= 0.6 is 0 Å². The Labute approximate surface area is 134 Å². The number of hydrogen-bond acceptors (Lipinski definition) is 2. The van der Waals surface area contributed by atoms with Gasteiger partial charge in [0.25, 0.3) is 0 Å². The lowest BCUT2D eigenvalue weighted by Crippen LogP contribution is -1.94. The van der Waals surface area contributed by atoms with Crippen LogP contribution in [0.4, 0.5) is 0 Å². The van der Waals surface area contributed by atoms with Crippen molar-refractivity contribution in [3.63, 3.8) is 0 Å². The Morgan fingerprint density at radius 2 is 1.14 bits per heavy atom. The average Bonchev–Trinajstić information content (AvgIpc) is 2.37. The Kier molecular flexibility index (Phi) is 11.1. The molecule has 3 nitrogen and oxygen atoms in total. The van der Waals surface area contributed by atoms with Crippen molar-refractivity contribution in [3.05, 3.63) is 34.9 Å². The molecule has 22 heavy (non-hydrogen) atoms. The van der Waals surface area contributed by atoms with Gasteiger partial charge in [-0.05, 0) is 59.8 Å². The minimum absolute atomic E-state index is 0.132. The summed E-state index contributed by atoms with van der Waals surface area (Å²) in [6.45, 7) is 7.72. The van der Waals surface area contributed by atoms with Crippen molar-refractivity contribution in [1.29, 1.82) is 0 Å². The van der Waals surface area contributed by atoms with E-state index < -0.39 is 5.97 Å². The third kappa shape index (κ3) is 13.3. The molecule has 0 atom stereocenters. The van der Waals surface area contributed by atoms with Crippen molar-refractivity contribution in [2.45, 2.75) is 72.6 Å². The molecule has 0 aliphatic carbocycles. The number of hydrogen-bond donors (Lipinski definition) is 1. The molecule has 0 aliphatic rings. The molecule has 0 fully saturated rings. The van der Waals surface area contributed by atoms with Crippen LogP contribution in [0.15, 0.2) is 34.9 Å². The Bertz CT molecular complexity index is 453. The fourth-order valence-corrected chi connectivity index (χ4v) is 2.13. The van der Waals surface area contributed by atoms with Crippen LogP contribution < -0.4 is 0 Å². The smallest absolute Gasteiger partial charge is 0.307 e. The van der Waals surface area contributed by atoms with Gasteiger partial charge in [-0.25, -0.2) is 0 Å². The predicted molar refractivity (Wildman–Crippen MR) is 91.9 cm³/mol. The highest BCUT2D eigenvalue weighted by atomic mass is 16.4. The minimum atomic E-state index is -0.770. The second-order valence-corrected chi connectivity index (χ2v) is 6.04. The summed E-state index contributed by atoms with van der Waals surface area (Å²) in [5.74, 6) is -0.529. The van der Waals surface area contributed by atoms with Gasteiger partial charge in [-0.2, -0.15) is 0 Å². The number of Topliss-reactive ketones (excluding diaryl/α,β-unsaturated/α-hetero) is 1. The molecule has 0 rings (SSSR count). The van der Waals surface area contributed by atoms with Crippen LogP contribution in [0.1, 0.15) is 72.6 Å². The van der Waals surface area contributed by atoms with Crippen LogP contribution in [0, 0.1) is 0 Å². The molecule has 0 unspecified atom stereocenters. The zero-order chi connectivity index (χ0) is 17.0. The van der Waals surface area contributed by atoms with Gasteiger partial charge in [0, 0.05) is 6.42 Å². The molecule has 0 aromatic heterocycles. The van der Waals surface area contributed by atoms with Gasteiger partial charge >= 0.3 is 5.97 Å². The molecule has 0 saturated carbocycles. The molecular formula is C19H30O3. The van der Waals surface area contributed by atoms with Crippen LogP contribution in [0.5, 0.6) is 0 Å². The number of carbonyl (C=O) groups excluding carboxylic acids is 1. The summed E-state index contributed by atoms with van der Waals surface area (Å²) in [7, 11) is 0. The number of allylic oxidation sites excluding steroid dienone is 5. The zero-order valence-electron chi connectivity index (χ0n) is 14.4. The van der Waals surface area contributed by atoms with Crippen LogP contribution in [-0.4, -0.2) is 16.9 Å². The minimum Gasteiger partial charge on any atom is -0.481 e. The van der Waals surface area contributed by atoms with E-state index in [1.165, 1.54) is 11.1 Å². The highest BCUT2D eigenvalue weighted by Gasteiger charge is 1.98. The summed E-state index contributed by atoms with van der Waals surface area (Å²) in [5.41, 5.74) is 3.60. The third-order valence-electron chi connectivity index (χ3n) is 3.48. The van der Waals surface area contributed by atoms with Crippen molar-refractivity contribution >= 4 is 11.8 Å². The SMILES string of the molecule is CC(=O)CC/C=C(\C)CC/C=C(\C)CC/C=C(\C)CC(=O)O. The number of carboxylic acid groups (broad SMARTS) is 1. The number of rotatable bonds is 11. The molecule has 0 amide bonds. The summed E-state index contributed by atoms with van der Waals surface area (Å²) in [4.78, 5) is 21.4. The molecule has 1 N–H and O–H groups in total. The van der Waals surface area contributed by atoms with E-state index in [1.54, 1.807) is 6.92 Å². The van der Waals surface area contributed by atoms with Crippen molar-refractivity contribution in [2.24, 2.45) is 0 Å². The maximum Gasteiger partial charge on any atom is 0.307 e. The Morgan fingerprint density at radius 3 is 1.55 bits per heavy atom. The summed E-state index contributed by atoms with van der Waals surface area (Å²) in [6.07, 6.45) is 12.0. The van der Waals surface area contributed by atoms with Crippen molar-refractivity contribution < 1.29 is 14.7 Å². The largest absolute Gasteiger partial charge is 0.481 e. The lowest BCUT2D eigenvalue weighted by molar-refractivity contribution is -0.136. The fraction of sp³-hybridized carbons (Fsp3) is 0.579. The molecule has 0 aromatic rings. The second kappa shape index (κ2) is 12.0. The third-order valence-corrected chi connectivity index (χ3v) is 3.48. The maximum atomic E-state index is 10.9. The first-order chi connectivity index (χ1) is 10.3.